The molecular formula is C19H18N2OS2. The zero-order valence-corrected chi connectivity index (χ0v) is 15.2. The van der Waals surface area contributed by atoms with Gasteiger partial charge >= 0.3 is 0 Å². The minimum atomic E-state index is -0.120. The first-order chi connectivity index (χ1) is 11.5. The molecule has 5 heteroatoms. The van der Waals surface area contributed by atoms with Crippen molar-refractivity contribution in [3.8, 4) is 0 Å². The number of thiocarbonyl (C=S) groups is 1. The number of carbonyl (C=O) groups is 1. The van der Waals surface area contributed by atoms with Crippen molar-refractivity contribution in [3.05, 3.63) is 70.1 Å². The number of benzene rings is 2. The number of hydrogen-bond donors (Lipinski definition) is 1. The molecule has 2 aromatic carbocycles. The fourth-order valence-electron chi connectivity index (χ4n) is 2.46. The van der Waals surface area contributed by atoms with Gasteiger partial charge in [0.1, 0.15) is 4.32 Å². The molecule has 0 saturated carbocycles. The van der Waals surface area contributed by atoms with Crippen LogP contribution in [-0.2, 0) is 11.3 Å². The molecule has 1 aliphatic heterocycles. The predicted octanol–water partition coefficient (Wildman–Crippen LogP) is 4.12. The summed E-state index contributed by atoms with van der Waals surface area (Å²) in [7, 11) is 2.08. The third kappa shape index (κ3) is 4.04. The molecule has 0 aromatic heterocycles. The second-order valence-electron chi connectivity index (χ2n) is 5.79. The van der Waals surface area contributed by atoms with E-state index in [-0.39, 0.29) is 5.91 Å². The van der Waals surface area contributed by atoms with E-state index < -0.39 is 0 Å². The summed E-state index contributed by atoms with van der Waals surface area (Å²) < 4.78 is 0.515. The van der Waals surface area contributed by atoms with Gasteiger partial charge in [0.15, 0.2) is 0 Å². The number of aryl methyl sites for hydroxylation is 1. The zero-order chi connectivity index (χ0) is 17.1. The largest absolute Gasteiger partial charge is 0.370 e. The highest BCUT2D eigenvalue weighted by molar-refractivity contribution is 8.26. The Labute approximate surface area is 151 Å². The monoisotopic (exact) mass is 354 g/mol. The van der Waals surface area contributed by atoms with Crippen molar-refractivity contribution in [1.82, 2.24) is 5.32 Å². The SMILES string of the molecule is Cc1ccc(CN(C)c2ccc(/C=C3\SC(=S)NC3=O)cc2)cc1. The molecule has 2 aromatic rings. The van der Waals surface area contributed by atoms with Crippen LogP contribution in [0.5, 0.6) is 0 Å². The van der Waals surface area contributed by atoms with Gasteiger partial charge in [-0.15, -0.1) is 0 Å². The van der Waals surface area contributed by atoms with Crippen molar-refractivity contribution in [2.24, 2.45) is 0 Å². The Morgan fingerprint density at radius 3 is 2.38 bits per heavy atom. The highest BCUT2D eigenvalue weighted by atomic mass is 32.2. The number of thioether (sulfide) groups is 1. The van der Waals surface area contributed by atoms with Crippen LogP contribution in [-0.4, -0.2) is 17.3 Å². The molecule has 0 unspecified atom stereocenters. The van der Waals surface area contributed by atoms with Gasteiger partial charge in [0.05, 0.1) is 4.91 Å². The second kappa shape index (κ2) is 7.20. The first kappa shape index (κ1) is 16.7. The van der Waals surface area contributed by atoms with Crippen LogP contribution in [0.2, 0.25) is 0 Å². The van der Waals surface area contributed by atoms with Crippen LogP contribution in [0, 0.1) is 6.92 Å². The maximum atomic E-state index is 11.7. The molecule has 1 heterocycles. The minimum Gasteiger partial charge on any atom is -0.370 e. The average Bonchev–Trinajstić information content (AvgIpc) is 2.88. The van der Waals surface area contributed by atoms with E-state index in [1.54, 1.807) is 0 Å². The topological polar surface area (TPSA) is 32.3 Å². The molecule has 1 amide bonds. The Balaban J connectivity index is 1.70. The summed E-state index contributed by atoms with van der Waals surface area (Å²) in [4.78, 5) is 14.5. The van der Waals surface area contributed by atoms with Gasteiger partial charge in [0.25, 0.3) is 5.91 Å². The number of rotatable bonds is 4. The standard InChI is InChI=1S/C19H18N2OS2/c1-13-3-5-15(6-4-13)12-21(2)16-9-7-14(8-10-16)11-17-18(22)20-19(23)24-17/h3-11H,12H2,1-2H3,(H,20,22,23)/b17-11-. The zero-order valence-electron chi connectivity index (χ0n) is 13.6. The molecule has 3 rings (SSSR count). The normalized spacial score (nSPS) is 15.7. The number of amides is 1. The Hall–Kier alpha value is -2.11. The van der Waals surface area contributed by atoms with E-state index in [1.807, 2.05) is 18.2 Å². The van der Waals surface area contributed by atoms with Crippen molar-refractivity contribution in [3.63, 3.8) is 0 Å². The average molecular weight is 355 g/mol. The summed E-state index contributed by atoms with van der Waals surface area (Å²) >= 11 is 6.30. The second-order valence-corrected chi connectivity index (χ2v) is 7.50. The van der Waals surface area contributed by atoms with Gasteiger partial charge in [-0.05, 0) is 36.3 Å². The molecule has 24 heavy (non-hydrogen) atoms. The number of carbonyl (C=O) groups excluding carboxylic acids is 1. The van der Waals surface area contributed by atoms with Crippen LogP contribution in [0.4, 0.5) is 5.69 Å². The molecule has 122 valence electrons. The van der Waals surface area contributed by atoms with E-state index in [4.69, 9.17) is 12.2 Å². The molecular weight excluding hydrogens is 336 g/mol. The molecule has 0 aliphatic carbocycles. The van der Waals surface area contributed by atoms with E-state index >= 15 is 0 Å². The molecule has 3 nitrogen and oxygen atoms in total. The van der Waals surface area contributed by atoms with Crippen LogP contribution in [0.15, 0.2) is 53.4 Å². The minimum absolute atomic E-state index is 0.120. The van der Waals surface area contributed by atoms with Gasteiger partial charge in [0.2, 0.25) is 0 Å². The Morgan fingerprint density at radius 1 is 1.12 bits per heavy atom. The van der Waals surface area contributed by atoms with Gasteiger partial charge in [-0.1, -0.05) is 65.9 Å². The van der Waals surface area contributed by atoms with Crippen molar-refractivity contribution in [2.75, 3.05) is 11.9 Å². The van der Waals surface area contributed by atoms with Crippen LogP contribution in [0.1, 0.15) is 16.7 Å². The highest BCUT2D eigenvalue weighted by Gasteiger charge is 2.21. The molecule has 1 fully saturated rings. The number of hydrogen-bond acceptors (Lipinski definition) is 4. The van der Waals surface area contributed by atoms with Gasteiger partial charge in [-0.25, -0.2) is 0 Å². The lowest BCUT2D eigenvalue weighted by atomic mass is 10.1. The van der Waals surface area contributed by atoms with Gasteiger partial charge in [0, 0.05) is 19.3 Å². The van der Waals surface area contributed by atoms with Crippen molar-refractivity contribution in [1.29, 1.82) is 0 Å². The van der Waals surface area contributed by atoms with Crippen LogP contribution in [0.3, 0.4) is 0 Å². The van der Waals surface area contributed by atoms with E-state index in [2.05, 4.69) is 60.6 Å². The third-order valence-electron chi connectivity index (χ3n) is 3.81. The summed E-state index contributed by atoms with van der Waals surface area (Å²) in [6.07, 6.45) is 1.86. The molecule has 0 spiro atoms. The van der Waals surface area contributed by atoms with E-state index in [0.29, 0.717) is 9.23 Å². The van der Waals surface area contributed by atoms with Gasteiger partial charge in [-0.2, -0.15) is 0 Å². The first-order valence-electron chi connectivity index (χ1n) is 7.63. The number of nitrogens with one attached hydrogen (secondary N) is 1. The third-order valence-corrected chi connectivity index (χ3v) is 4.98. The van der Waals surface area contributed by atoms with Crippen LogP contribution in [0.25, 0.3) is 6.08 Å². The molecule has 1 aliphatic rings. The van der Waals surface area contributed by atoms with Gasteiger partial charge in [-0.3, -0.25) is 4.79 Å². The fraction of sp³-hybridized carbons (Fsp3) is 0.158. The lowest BCUT2D eigenvalue weighted by Crippen LogP contribution is -2.17. The van der Waals surface area contributed by atoms with E-state index in [0.717, 1.165) is 17.8 Å². The Morgan fingerprint density at radius 2 is 1.79 bits per heavy atom. The van der Waals surface area contributed by atoms with Gasteiger partial charge < -0.3 is 10.2 Å². The quantitative estimate of drug-likeness (QED) is 0.661. The Bertz CT molecular complexity index is 795. The summed E-state index contributed by atoms with van der Waals surface area (Å²) in [5, 5.41) is 2.63. The molecule has 0 radical (unpaired) electrons. The molecule has 0 bridgehead atoms. The van der Waals surface area contributed by atoms with E-state index in [9.17, 15) is 4.79 Å². The van der Waals surface area contributed by atoms with Crippen LogP contribution >= 0.6 is 24.0 Å². The lowest BCUT2D eigenvalue weighted by molar-refractivity contribution is -0.115. The van der Waals surface area contributed by atoms with Crippen molar-refractivity contribution >= 4 is 46.0 Å². The molecule has 0 atom stereocenters. The summed E-state index contributed by atoms with van der Waals surface area (Å²) in [6.45, 7) is 2.95. The summed E-state index contributed by atoms with van der Waals surface area (Å²) in [6, 6.07) is 16.7. The Kier molecular flexibility index (Phi) is 5.02. The number of anilines is 1. The highest BCUT2D eigenvalue weighted by Crippen LogP contribution is 2.26. The molecule has 1 saturated heterocycles. The first-order valence-corrected chi connectivity index (χ1v) is 8.85. The van der Waals surface area contributed by atoms with Crippen molar-refractivity contribution in [2.45, 2.75) is 13.5 Å². The van der Waals surface area contributed by atoms with Crippen LogP contribution < -0.4 is 10.2 Å². The van der Waals surface area contributed by atoms with Crippen molar-refractivity contribution < 1.29 is 4.79 Å². The summed E-state index contributed by atoms with van der Waals surface area (Å²) in [5.41, 5.74) is 4.68. The summed E-state index contributed by atoms with van der Waals surface area (Å²) in [5.74, 6) is -0.120. The predicted molar refractivity (Wildman–Crippen MR) is 106 cm³/mol. The number of nitrogens with zero attached hydrogens (tertiary/aromatic N) is 1. The van der Waals surface area contributed by atoms with E-state index in [1.165, 1.54) is 22.9 Å². The molecule has 1 N–H and O–H groups in total. The maximum absolute atomic E-state index is 11.7. The lowest BCUT2D eigenvalue weighted by Gasteiger charge is -2.19. The smallest absolute Gasteiger partial charge is 0.263 e. The maximum Gasteiger partial charge on any atom is 0.263 e. The fourth-order valence-corrected chi connectivity index (χ4v) is 3.50.